The number of hydrogen-bond donors (Lipinski definition) is 0. The Balaban J connectivity index is 3.04. The molecule has 1 aromatic carbocycles. The maximum Gasteiger partial charge on any atom is 0.150 e. The van der Waals surface area contributed by atoms with Crippen LogP contribution < -0.4 is 0 Å². The van der Waals surface area contributed by atoms with Gasteiger partial charge in [-0.25, -0.2) is 8.78 Å². The minimum atomic E-state index is -0.731. The van der Waals surface area contributed by atoms with Gasteiger partial charge in [0.25, 0.3) is 0 Å². The highest BCUT2D eigenvalue weighted by molar-refractivity contribution is 9.10. The lowest BCUT2D eigenvalue weighted by atomic mass is 10.1. The van der Waals surface area contributed by atoms with Crippen molar-refractivity contribution in [3.8, 4) is 6.07 Å². The third kappa shape index (κ3) is 1.55. The molecular formula is C10H2BrClF2N2. The van der Waals surface area contributed by atoms with Crippen LogP contribution in [0.5, 0.6) is 0 Å². The molecule has 2 nitrogen and oxygen atoms in total. The standard InChI is InChI=1S/C10H2BrClF2N2/c11-5-1-6(13)10-7(9(5)14)8(12)4(2-15)3-16-10/h1,3H. The lowest BCUT2D eigenvalue weighted by Gasteiger charge is -2.05. The fourth-order valence-corrected chi connectivity index (χ4v) is 1.97. The molecule has 0 spiro atoms. The number of aromatic nitrogens is 1. The molecule has 0 amide bonds. The molecule has 6 heteroatoms. The normalized spacial score (nSPS) is 10.4. The zero-order valence-electron chi connectivity index (χ0n) is 7.56. The van der Waals surface area contributed by atoms with Crippen LogP contribution in [0.2, 0.25) is 5.02 Å². The van der Waals surface area contributed by atoms with Crippen molar-refractivity contribution in [2.75, 3.05) is 0 Å². The van der Waals surface area contributed by atoms with E-state index in [1.807, 2.05) is 0 Å². The van der Waals surface area contributed by atoms with Crippen LogP contribution in [0.15, 0.2) is 16.7 Å². The van der Waals surface area contributed by atoms with Crippen LogP contribution in [0.3, 0.4) is 0 Å². The van der Waals surface area contributed by atoms with Crippen molar-refractivity contribution >= 4 is 38.4 Å². The highest BCUT2D eigenvalue weighted by Gasteiger charge is 2.17. The molecule has 0 N–H and O–H groups in total. The van der Waals surface area contributed by atoms with Crippen LogP contribution in [0.4, 0.5) is 8.78 Å². The number of benzene rings is 1. The third-order valence-corrected chi connectivity index (χ3v) is 3.01. The van der Waals surface area contributed by atoms with E-state index in [2.05, 4.69) is 20.9 Å². The van der Waals surface area contributed by atoms with Gasteiger partial charge in [0.1, 0.15) is 17.4 Å². The topological polar surface area (TPSA) is 36.7 Å². The molecule has 0 radical (unpaired) electrons. The summed E-state index contributed by atoms with van der Waals surface area (Å²) in [5, 5.41) is 8.38. The van der Waals surface area contributed by atoms with Gasteiger partial charge in [0, 0.05) is 6.20 Å². The van der Waals surface area contributed by atoms with Crippen LogP contribution in [-0.2, 0) is 0 Å². The lowest BCUT2D eigenvalue weighted by Crippen LogP contribution is -1.93. The van der Waals surface area contributed by atoms with Gasteiger partial charge < -0.3 is 0 Å². The van der Waals surface area contributed by atoms with Gasteiger partial charge in [-0.1, -0.05) is 11.6 Å². The number of fused-ring (bicyclic) bond motifs is 1. The van der Waals surface area contributed by atoms with Gasteiger partial charge in [-0.15, -0.1) is 0 Å². The van der Waals surface area contributed by atoms with E-state index >= 15 is 0 Å². The first-order valence-electron chi connectivity index (χ1n) is 4.08. The predicted molar refractivity (Wildman–Crippen MR) is 59.1 cm³/mol. The smallest absolute Gasteiger partial charge is 0.150 e. The largest absolute Gasteiger partial charge is 0.252 e. The number of pyridine rings is 1. The summed E-state index contributed by atoms with van der Waals surface area (Å²) in [5.41, 5.74) is -0.185. The lowest BCUT2D eigenvalue weighted by molar-refractivity contribution is 0.610. The molecule has 0 aliphatic heterocycles. The summed E-state index contributed by atoms with van der Waals surface area (Å²) in [4.78, 5) is 3.67. The Morgan fingerprint density at radius 1 is 1.44 bits per heavy atom. The second-order valence-corrected chi connectivity index (χ2v) is 4.21. The summed E-state index contributed by atoms with van der Waals surface area (Å²) in [7, 11) is 0. The molecule has 0 saturated heterocycles. The average molecular weight is 303 g/mol. The Labute approximate surface area is 103 Å². The highest BCUT2D eigenvalue weighted by Crippen LogP contribution is 2.33. The van der Waals surface area contributed by atoms with Crippen LogP contribution in [-0.4, -0.2) is 4.98 Å². The maximum atomic E-state index is 13.7. The van der Waals surface area contributed by atoms with Crippen molar-refractivity contribution < 1.29 is 8.78 Å². The second kappa shape index (κ2) is 3.96. The monoisotopic (exact) mass is 302 g/mol. The van der Waals surface area contributed by atoms with Crippen molar-refractivity contribution in [1.82, 2.24) is 4.98 Å². The van der Waals surface area contributed by atoms with Gasteiger partial charge in [0.05, 0.1) is 20.4 Å². The Kier molecular flexibility index (Phi) is 2.78. The fraction of sp³-hybridized carbons (Fsp3) is 0. The maximum absolute atomic E-state index is 13.7. The van der Waals surface area contributed by atoms with Crippen LogP contribution >= 0.6 is 27.5 Å². The van der Waals surface area contributed by atoms with Crippen LogP contribution in [0, 0.1) is 23.0 Å². The van der Waals surface area contributed by atoms with Gasteiger partial charge in [0.15, 0.2) is 5.82 Å². The Hall–Kier alpha value is -1.25. The zero-order valence-corrected chi connectivity index (χ0v) is 9.90. The summed E-state index contributed by atoms with van der Waals surface area (Å²) in [5.74, 6) is -1.43. The van der Waals surface area contributed by atoms with Gasteiger partial charge in [-0.3, -0.25) is 4.98 Å². The summed E-state index contributed by atoms with van der Waals surface area (Å²) >= 11 is 8.66. The minimum absolute atomic E-state index is 0.00515. The first-order chi connectivity index (χ1) is 7.56. The van der Waals surface area contributed by atoms with E-state index in [1.54, 1.807) is 6.07 Å². The summed E-state index contributed by atoms with van der Waals surface area (Å²) < 4.78 is 27.1. The van der Waals surface area contributed by atoms with E-state index in [0.29, 0.717) is 0 Å². The summed E-state index contributed by atoms with van der Waals surface area (Å²) in [6.07, 6.45) is 1.11. The number of rotatable bonds is 0. The molecule has 2 rings (SSSR count). The first kappa shape index (κ1) is 11.2. The Morgan fingerprint density at radius 2 is 2.12 bits per heavy atom. The Bertz CT molecular complexity index is 637. The molecular weight excluding hydrogens is 301 g/mol. The van der Waals surface area contributed by atoms with Crippen molar-refractivity contribution in [3.63, 3.8) is 0 Å². The molecule has 0 bridgehead atoms. The zero-order chi connectivity index (χ0) is 11.9. The number of nitriles is 1. The highest BCUT2D eigenvalue weighted by atomic mass is 79.9. The molecule has 0 aliphatic rings. The molecule has 0 fully saturated rings. The molecule has 1 heterocycles. The number of halogens is 4. The molecule has 80 valence electrons. The Morgan fingerprint density at radius 3 is 2.75 bits per heavy atom. The molecule has 1 aromatic heterocycles. The third-order valence-electron chi connectivity index (χ3n) is 2.04. The van der Waals surface area contributed by atoms with E-state index in [9.17, 15) is 8.78 Å². The van der Waals surface area contributed by atoms with E-state index in [1.165, 1.54) is 0 Å². The number of hydrogen-bond acceptors (Lipinski definition) is 2. The van der Waals surface area contributed by atoms with Crippen molar-refractivity contribution in [2.45, 2.75) is 0 Å². The SMILES string of the molecule is N#Cc1cnc2c(F)cc(Br)c(F)c2c1Cl. The molecule has 0 unspecified atom stereocenters. The predicted octanol–water partition coefficient (Wildman–Crippen LogP) is 3.80. The first-order valence-corrected chi connectivity index (χ1v) is 5.25. The van der Waals surface area contributed by atoms with Crippen LogP contribution in [0.1, 0.15) is 5.56 Å². The van der Waals surface area contributed by atoms with Gasteiger partial charge in [0.2, 0.25) is 0 Å². The van der Waals surface area contributed by atoms with Gasteiger partial charge >= 0.3 is 0 Å². The van der Waals surface area contributed by atoms with Crippen molar-refractivity contribution in [1.29, 1.82) is 5.26 Å². The van der Waals surface area contributed by atoms with Crippen LogP contribution in [0.25, 0.3) is 10.9 Å². The van der Waals surface area contributed by atoms with Gasteiger partial charge in [-0.2, -0.15) is 5.26 Å². The van der Waals surface area contributed by atoms with Crippen molar-refractivity contribution in [3.05, 3.63) is 39.0 Å². The second-order valence-electron chi connectivity index (χ2n) is 2.98. The number of nitrogens with zero attached hydrogens (tertiary/aromatic N) is 2. The summed E-state index contributed by atoms with van der Waals surface area (Å²) in [6.45, 7) is 0. The average Bonchev–Trinajstić information content (AvgIpc) is 2.26. The van der Waals surface area contributed by atoms with E-state index in [-0.39, 0.29) is 26.0 Å². The fourth-order valence-electron chi connectivity index (χ4n) is 1.31. The quantitative estimate of drug-likeness (QED) is 0.694. The van der Waals surface area contributed by atoms with Crippen molar-refractivity contribution in [2.24, 2.45) is 0 Å². The van der Waals surface area contributed by atoms with E-state index in [4.69, 9.17) is 16.9 Å². The van der Waals surface area contributed by atoms with Gasteiger partial charge in [-0.05, 0) is 22.0 Å². The molecule has 2 aromatic rings. The van der Waals surface area contributed by atoms with E-state index < -0.39 is 11.6 Å². The molecule has 0 saturated carbocycles. The minimum Gasteiger partial charge on any atom is -0.252 e. The molecule has 0 atom stereocenters. The van der Waals surface area contributed by atoms with E-state index in [0.717, 1.165) is 12.3 Å². The molecule has 0 aliphatic carbocycles. The summed E-state index contributed by atoms with van der Waals surface area (Å²) in [6, 6.07) is 2.72. The molecule has 16 heavy (non-hydrogen) atoms.